The molecule has 0 radical (unpaired) electrons. The van der Waals surface area contributed by atoms with Crippen molar-refractivity contribution in [3.05, 3.63) is 75.3 Å². The number of hydrogen-bond donors (Lipinski definition) is 1. The number of benzene rings is 2. The number of fused-ring (bicyclic) bond motifs is 2. The molecule has 3 aromatic rings. The molecular weight excluding hydrogens is 462 g/mol. The third kappa shape index (κ3) is 5.46. The first kappa shape index (κ1) is 24.7. The molecule has 0 spiro atoms. The zero-order valence-corrected chi connectivity index (χ0v) is 21.5. The second kappa shape index (κ2) is 9.67. The molecule has 2 aromatic carbocycles. The van der Waals surface area contributed by atoms with Crippen molar-refractivity contribution in [1.82, 2.24) is 9.47 Å². The van der Waals surface area contributed by atoms with Crippen LogP contribution in [0.25, 0.3) is 17.2 Å². The molecule has 0 saturated carbocycles. The second-order valence-electron chi connectivity index (χ2n) is 10.1. The van der Waals surface area contributed by atoms with E-state index in [2.05, 4.69) is 19.6 Å². The SMILES string of the molecule is CC1c2ccc(/C=C/C(N)=O)cc2C(=O)N1Cc1ccc2c(c1)oc(=O)n2COCC[Si](C)(C)C. The normalized spacial score (nSPS) is 15.9. The highest BCUT2D eigenvalue weighted by atomic mass is 28.3. The van der Waals surface area contributed by atoms with Gasteiger partial charge in [0, 0.05) is 32.9 Å². The number of hydrogen-bond acceptors (Lipinski definition) is 5. The molecular formula is C26H31N3O5Si. The summed E-state index contributed by atoms with van der Waals surface area (Å²) in [6.45, 7) is 9.96. The van der Waals surface area contributed by atoms with Crippen LogP contribution in [0.5, 0.6) is 0 Å². The minimum Gasteiger partial charge on any atom is -0.408 e. The van der Waals surface area contributed by atoms with Gasteiger partial charge in [0.15, 0.2) is 5.58 Å². The van der Waals surface area contributed by atoms with Crippen LogP contribution in [0, 0.1) is 0 Å². The number of primary amides is 1. The zero-order chi connectivity index (χ0) is 25.3. The Kier molecular flexibility index (Phi) is 6.82. The summed E-state index contributed by atoms with van der Waals surface area (Å²) in [5, 5.41) is 0. The van der Waals surface area contributed by atoms with Gasteiger partial charge in [0.25, 0.3) is 5.91 Å². The molecule has 1 unspecified atom stereocenters. The molecule has 0 bridgehead atoms. The van der Waals surface area contributed by atoms with Crippen LogP contribution in [-0.4, -0.2) is 36.0 Å². The van der Waals surface area contributed by atoms with Crippen molar-refractivity contribution in [2.45, 2.75) is 51.9 Å². The highest BCUT2D eigenvalue weighted by Gasteiger charge is 2.33. The maximum Gasteiger partial charge on any atom is 0.421 e. The Morgan fingerprint density at radius 3 is 2.66 bits per heavy atom. The minimum absolute atomic E-state index is 0.0863. The summed E-state index contributed by atoms with van der Waals surface area (Å²) in [7, 11) is -1.21. The van der Waals surface area contributed by atoms with Crippen LogP contribution < -0.4 is 11.5 Å². The molecule has 0 saturated heterocycles. The average molecular weight is 494 g/mol. The Balaban J connectivity index is 1.50. The van der Waals surface area contributed by atoms with E-state index >= 15 is 0 Å². The molecule has 35 heavy (non-hydrogen) atoms. The van der Waals surface area contributed by atoms with E-state index in [1.165, 1.54) is 10.6 Å². The van der Waals surface area contributed by atoms with Gasteiger partial charge >= 0.3 is 5.76 Å². The largest absolute Gasteiger partial charge is 0.421 e. The Morgan fingerprint density at radius 1 is 1.17 bits per heavy atom. The van der Waals surface area contributed by atoms with Gasteiger partial charge in [-0.3, -0.25) is 9.59 Å². The van der Waals surface area contributed by atoms with E-state index in [1.807, 2.05) is 31.2 Å². The highest BCUT2D eigenvalue weighted by Crippen LogP contribution is 2.35. The van der Waals surface area contributed by atoms with Gasteiger partial charge in [-0.1, -0.05) is 37.8 Å². The van der Waals surface area contributed by atoms with E-state index in [-0.39, 0.29) is 18.7 Å². The third-order valence-corrected chi connectivity index (χ3v) is 7.93. The molecule has 2 amide bonds. The van der Waals surface area contributed by atoms with E-state index in [0.29, 0.717) is 29.8 Å². The van der Waals surface area contributed by atoms with E-state index in [0.717, 1.165) is 22.7 Å². The smallest absolute Gasteiger partial charge is 0.408 e. The maximum absolute atomic E-state index is 13.2. The van der Waals surface area contributed by atoms with Crippen molar-refractivity contribution < 1.29 is 18.7 Å². The predicted octanol–water partition coefficient (Wildman–Crippen LogP) is 4.12. The lowest BCUT2D eigenvalue weighted by Gasteiger charge is -2.22. The van der Waals surface area contributed by atoms with Crippen LogP contribution in [0.3, 0.4) is 0 Å². The van der Waals surface area contributed by atoms with Crippen molar-refractivity contribution in [3.63, 3.8) is 0 Å². The molecule has 1 aromatic heterocycles. The Morgan fingerprint density at radius 2 is 1.94 bits per heavy atom. The summed E-state index contributed by atoms with van der Waals surface area (Å²) < 4.78 is 12.7. The lowest BCUT2D eigenvalue weighted by Crippen LogP contribution is -2.26. The molecule has 184 valence electrons. The summed E-state index contributed by atoms with van der Waals surface area (Å²) in [5.74, 6) is -1.09. The van der Waals surface area contributed by atoms with Gasteiger partial charge in [-0.2, -0.15) is 0 Å². The van der Waals surface area contributed by atoms with Gasteiger partial charge in [0.1, 0.15) is 6.73 Å². The maximum atomic E-state index is 13.2. The predicted molar refractivity (Wildman–Crippen MR) is 138 cm³/mol. The number of carbonyl (C=O) groups is 2. The van der Waals surface area contributed by atoms with E-state index in [4.69, 9.17) is 14.9 Å². The monoisotopic (exact) mass is 493 g/mol. The number of aromatic nitrogens is 1. The Labute approximate surface area is 205 Å². The summed E-state index contributed by atoms with van der Waals surface area (Å²) >= 11 is 0. The topological polar surface area (TPSA) is 108 Å². The fourth-order valence-electron chi connectivity index (χ4n) is 4.17. The first-order chi connectivity index (χ1) is 16.5. The van der Waals surface area contributed by atoms with Gasteiger partial charge < -0.3 is 19.8 Å². The lowest BCUT2D eigenvalue weighted by molar-refractivity contribution is -0.113. The molecule has 0 aliphatic carbocycles. The van der Waals surface area contributed by atoms with Gasteiger partial charge in [0.2, 0.25) is 5.91 Å². The first-order valence-corrected chi connectivity index (χ1v) is 15.4. The van der Waals surface area contributed by atoms with Crippen molar-refractivity contribution in [1.29, 1.82) is 0 Å². The number of amides is 2. The molecule has 8 nitrogen and oxygen atoms in total. The molecule has 4 rings (SSSR count). The van der Waals surface area contributed by atoms with Crippen molar-refractivity contribution in [2.24, 2.45) is 5.73 Å². The van der Waals surface area contributed by atoms with Crippen LogP contribution in [0.15, 0.2) is 51.7 Å². The molecule has 2 N–H and O–H groups in total. The summed E-state index contributed by atoms with van der Waals surface area (Å²) in [4.78, 5) is 38.4. The second-order valence-corrected chi connectivity index (χ2v) is 15.8. The molecule has 2 heterocycles. The standard InChI is InChI=1S/C26H31N3O5Si/c1-17-20-8-5-18(7-10-24(27)30)13-21(20)25(31)28(17)15-19-6-9-22-23(14-19)34-26(32)29(22)16-33-11-12-35(2,3)4/h5-10,13-14,17H,11-12,15-16H2,1-4H3,(H2,27,30)/b10-7+. The molecule has 1 aliphatic heterocycles. The van der Waals surface area contributed by atoms with Crippen LogP contribution in [-0.2, 0) is 22.8 Å². The van der Waals surface area contributed by atoms with Crippen LogP contribution in [0.2, 0.25) is 25.7 Å². The minimum atomic E-state index is -1.21. The van der Waals surface area contributed by atoms with Crippen molar-refractivity contribution in [2.75, 3.05) is 6.61 Å². The summed E-state index contributed by atoms with van der Waals surface area (Å²) in [5.41, 5.74) is 9.45. The van der Waals surface area contributed by atoms with E-state index < -0.39 is 19.7 Å². The van der Waals surface area contributed by atoms with Crippen LogP contribution in [0.1, 0.15) is 40.0 Å². The molecule has 9 heteroatoms. The number of rotatable bonds is 9. The number of carbonyl (C=O) groups excluding carboxylic acids is 2. The average Bonchev–Trinajstić information content (AvgIpc) is 3.22. The molecule has 1 atom stereocenters. The van der Waals surface area contributed by atoms with Gasteiger partial charge in [-0.25, -0.2) is 9.36 Å². The summed E-state index contributed by atoms with van der Waals surface area (Å²) in [6.07, 6.45) is 2.87. The van der Waals surface area contributed by atoms with Crippen molar-refractivity contribution in [3.8, 4) is 0 Å². The molecule has 1 aliphatic rings. The van der Waals surface area contributed by atoms with E-state index in [9.17, 15) is 14.4 Å². The van der Waals surface area contributed by atoms with Gasteiger partial charge in [-0.15, -0.1) is 0 Å². The van der Waals surface area contributed by atoms with Crippen molar-refractivity contribution >= 4 is 37.1 Å². The number of nitrogens with zero attached hydrogens (tertiary/aromatic N) is 2. The Hall–Kier alpha value is -3.43. The van der Waals surface area contributed by atoms with Crippen LogP contribution in [0.4, 0.5) is 0 Å². The first-order valence-electron chi connectivity index (χ1n) is 11.7. The van der Waals surface area contributed by atoms with Gasteiger partial charge in [-0.05, 0) is 53.9 Å². The van der Waals surface area contributed by atoms with Gasteiger partial charge in [0.05, 0.1) is 11.6 Å². The van der Waals surface area contributed by atoms with Crippen LogP contribution >= 0.6 is 0 Å². The Bertz CT molecular complexity index is 1370. The fraction of sp³-hybridized carbons (Fsp3) is 0.346. The lowest BCUT2D eigenvalue weighted by atomic mass is 10.0. The summed E-state index contributed by atoms with van der Waals surface area (Å²) in [6, 6.07) is 12.0. The quantitative estimate of drug-likeness (QED) is 0.274. The number of nitrogens with two attached hydrogens (primary N) is 1. The fourth-order valence-corrected chi connectivity index (χ4v) is 4.93. The number of ether oxygens (including phenoxy) is 1. The zero-order valence-electron chi connectivity index (χ0n) is 20.5. The third-order valence-electron chi connectivity index (χ3n) is 6.23. The molecule has 0 fully saturated rings. The van der Waals surface area contributed by atoms with E-state index in [1.54, 1.807) is 23.1 Å². The highest BCUT2D eigenvalue weighted by molar-refractivity contribution is 6.76. The number of oxazole rings is 1.